The first-order valence-electron chi connectivity index (χ1n) is 6.50. The van der Waals surface area contributed by atoms with Crippen LogP contribution in [0.1, 0.15) is 44.9 Å². The Morgan fingerprint density at radius 2 is 1.94 bits per heavy atom. The highest BCUT2D eigenvalue weighted by Crippen LogP contribution is 2.17. The molecule has 0 heterocycles. The Morgan fingerprint density at radius 1 is 1.33 bits per heavy atom. The summed E-state index contributed by atoms with van der Waals surface area (Å²) >= 11 is 0. The normalized spacial score (nSPS) is 13.2. The largest absolute Gasteiger partial charge is 0.348 e. The van der Waals surface area contributed by atoms with Gasteiger partial charge in [-0.25, -0.2) is 0 Å². The van der Waals surface area contributed by atoms with Gasteiger partial charge in [-0.3, -0.25) is 4.79 Å². The number of aryl methyl sites for hydroxylation is 1. The minimum atomic E-state index is -0.536. The van der Waals surface area contributed by atoms with Gasteiger partial charge in [-0.2, -0.15) is 0 Å². The standard InChI is InChI=1S/C15H24N2O/c1-6-16-15(4,5)14(18)17-12(3)13-10-8-7-9-11(13)2/h7-10,12,16H,6H2,1-5H3,(H,17,18)/t12-/m0/s1. The number of carbonyl (C=O) groups is 1. The van der Waals surface area contributed by atoms with Crippen molar-refractivity contribution >= 4 is 5.91 Å². The van der Waals surface area contributed by atoms with Crippen LogP contribution in [-0.4, -0.2) is 18.0 Å². The second-order valence-electron chi connectivity index (χ2n) is 5.21. The van der Waals surface area contributed by atoms with Gasteiger partial charge in [0, 0.05) is 0 Å². The zero-order chi connectivity index (χ0) is 13.8. The van der Waals surface area contributed by atoms with Crippen LogP contribution in [0.25, 0.3) is 0 Å². The molecule has 1 amide bonds. The first-order chi connectivity index (χ1) is 8.38. The third-order valence-electron chi connectivity index (χ3n) is 3.19. The maximum atomic E-state index is 12.2. The summed E-state index contributed by atoms with van der Waals surface area (Å²) in [6, 6.07) is 8.15. The Morgan fingerprint density at radius 3 is 2.50 bits per heavy atom. The van der Waals surface area contributed by atoms with E-state index < -0.39 is 5.54 Å². The predicted molar refractivity (Wildman–Crippen MR) is 75.5 cm³/mol. The SMILES string of the molecule is CCNC(C)(C)C(=O)N[C@@H](C)c1ccccc1C. The fourth-order valence-corrected chi connectivity index (χ4v) is 2.05. The van der Waals surface area contributed by atoms with Gasteiger partial charge in [0.05, 0.1) is 11.6 Å². The van der Waals surface area contributed by atoms with Crippen LogP contribution in [-0.2, 0) is 4.79 Å². The van der Waals surface area contributed by atoms with E-state index in [-0.39, 0.29) is 11.9 Å². The Balaban J connectivity index is 2.74. The molecule has 1 aromatic carbocycles. The van der Waals surface area contributed by atoms with E-state index in [0.717, 1.165) is 12.1 Å². The highest BCUT2D eigenvalue weighted by atomic mass is 16.2. The van der Waals surface area contributed by atoms with Crippen LogP contribution >= 0.6 is 0 Å². The summed E-state index contributed by atoms with van der Waals surface area (Å²) in [5, 5.41) is 6.24. The zero-order valence-corrected chi connectivity index (χ0v) is 12.0. The molecule has 0 spiro atoms. The Kier molecular flexibility index (Phi) is 4.91. The van der Waals surface area contributed by atoms with Crippen LogP contribution < -0.4 is 10.6 Å². The molecule has 18 heavy (non-hydrogen) atoms. The van der Waals surface area contributed by atoms with Crippen molar-refractivity contribution in [3.05, 3.63) is 35.4 Å². The van der Waals surface area contributed by atoms with E-state index >= 15 is 0 Å². The zero-order valence-electron chi connectivity index (χ0n) is 12.0. The molecule has 1 rings (SSSR count). The highest BCUT2D eigenvalue weighted by molar-refractivity contribution is 5.85. The maximum Gasteiger partial charge on any atom is 0.240 e. The molecule has 0 bridgehead atoms. The molecule has 3 heteroatoms. The maximum absolute atomic E-state index is 12.2. The van der Waals surface area contributed by atoms with E-state index in [1.54, 1.807) is 0 Å². The van der Waals surface area contributed by atoms with E-state index in [2.05, 4.69) is 29.7 Å². The topological polar surface area (TPSA) is 41.1 Å². The monoisotopic (exact) mass is 248 g/mol. The summed E-state index contributed by atoms with van der Waals surface area (Å²) in [7, 11) is 0. The van der Waals surface area contributed by atoms with Crippen molar-refractivity contribution in [2.24, 2.45) is 0 Å². The van der Waals surface area contributed by atoms with Crippen molar-refractivity contribution in [1.82, 2.24) is 10.6 Å². The van der Waals surface area contributed by atoms with E-state index in [1.165, 1.54) is 5.56 Å². The van der Waals surface area contributed by atoms with Crippen LogP contribution in [0, 0.1) is 6.92 Å². The third kappa shape index (κ3) is 3.57. The molecule has 0 aliphatic rings. The first kappa shape index (κ1) is 14.7. The van der Waals surface area contributed by atoms with Crippen LogP contribution in [0.4, 0.5) is 0 Å². The minimum Gasteiger partial charge on any atom is -0.348 e. The molecule has 3 nitrogen and oxygen atoms in total. The van der Waals surface area contributed by atoms with E-state index in [4.69, 9.17) is 0 Å². The molecule has 0 aromatic heterocycles. The molecule has 0 aliphatic carbocycles. The Bertz CT molecular complexity index is 413. The molecule has 0 radical (unpaired) electrons. The summed E-state index contributed by atoms with van der Waals surface area (Å²) in [4.78, 5) is 12.2. The number of amides is 1. The van der Waals surface area contributed by atoms with Crippen LogP contribution in [0.2, 0.25) is 0 Å². The Labute approximate surface area is 110 Å². The lowest BCUT2D eigenvalue weighted by Gasteiger charge is -2.27. The van der Waals surface area contributed by atoms with Gasteiger partial charge in [-0.05, 0) is 45.4 Å². The molecule has 0 aliphatic heterocycles. The lowest BCUT2D eigenvalue weighted by atomic mass is 10.00. The van der Waals surface area contributed by atoms with Crippen molar-refractivity contribution in [2.45, 2.75) is 46.2 Å². The molecule has 2 N–H and O–H groups in total. The molecule has 100 valence electrons. The summed E-state index contributed by atoms with van der Waals surface area (Å²) in [6.45, 7) is 10.7. The summed E-state index contributed by atoms with van der Waals surface area (Å²) in [5.41, 5.74) is 1.83. The van der Waals surface area contributed by atoms with Crippen molar-refractivity contribution in [2.75, 3.05) is 6.54 Å². The third-order valence-corrected chi connectivity index (χ3v) is 3.19. The molecular formula is C15H24N2O. The van der Waals surface area contributed by atoms with Crippen molar-refractivity contribution in [3.63, 3.8) is 0 Å². The summed E-state index contributed by atoms with van der Waals surface area (Å²) < 4.78 is 0. The first-order valence-corrected chi connectivity index (χ1v) is 6.50. The highest BCUT2D eigenvalue weighted by Gasteiger charge is 2.27. The van der Waals surface area contributed by atoms with Gasteiger partial charge < -0.3 is 10.6 Å². The van der Waals surface area contributed by atoms with Crippen molar-refractivity contribution in [1.29, 1.82) is 0 Å². The van der Waals surface area contributed by atoms with Gasteiger partial charge in [0.15, 0.2) is 0 Å². The molecular weight excluding hydrogens is 224 g/mol. The quantitative estimate of drug-likeness (QED) is 0.841. The van der Waals surface area contributed by atoms with E-state index in [9.17, 15) is 4.79 Å². The fraction of sp³-hybridized carbons (Fsp3) is 0.533. The number of rotatable bonds is 5. The van der Waals surface area contributed by atoms with Crippen LogP contribution in [0.3, 0.4) is 0 Å². The van der Waals surface area contributed by atoms with Crippen LogP contribution in [0.5, 0.6) is 0 Å². The molecule has 0 saturated carbocycles. The van der Waals surface area contributed by atoms with Crippen molar-refractivity contribution < 1.29 is 4.79 Å². The second-order valence-corrected chi connectivity index (χ2v) is 5.21. The molecule has 0 fully saturated rings. The van der Waals surface area contributed by atoms with Gasteiger partial charge in [0.25, 0.3) is 0 Å². The molecule has 1 atom stereocenters. The average Bonchev–Trinajstić information content (AvgIpc) is 2.29. The average molecular weight is 248 g/mol. The number of hydrogen-bond donors (Lipinski definition) is 2. The van der Waals surface area contributed by atoms with Crippen LogP contribution in [0.15, 0.2) is 24.3 Å². The summed E-state index contributed by atoms with van der Waals surface area (Å²) in [5.74, 6) is 0.0279. The smallest absolute Gasteiger partial charge is 0.240 e. The van der Waals surface area contributed by atoms with E-state index in [0.29, 0.717) is 0 Å². The number of nitrogens with one attached hydrogen (secondary N) is 2. The molecule has 0 saturated heterocycles. The van der Waals surface area contributed by atoms with Gasteiger partial charge in [0.1, 0.15) is 0 Å². The molecule has 1 aromatic rings. The minimum absolute atomic E-state index is 0.0247. The fourth-order valence-electron chi connectivity index (χ4n) is 2.05. The Hall–Kier alpha value is -1.35. The lowest BCUT2D eigenvalue weighted by molar-refractivity contribution is -0.127. The number of likely N-dealkylation sites (N-methyl/N-ethyl adjacent to an activating group) is 1. The number of carbonyl (C=O) groups excluding carboxylic acids is 1. The van der Waals surface area contributed by atoms with Gasteiger partial charge in [-0.15, -0.1) is 0 Å². The predicted octanol–water partition coefficient (Wildman–Crippen LogP) is 2.56. The number of benzene rings is 1. The van der Waals surface area contributed by atoms with E-state index in [1.807, 2.05) is 39.8 Å². The second kappa shape index (κ2) is 6.01. The lowest BCUT2D eigenvalue weighted by Crippen LogP contribution is -2.53. The van der Waals surface area contributed by atoms with Gasteiger partial charge in [0.2, 0.25) is 5.91 Å². The van der Waals surface area contributed by atoms with Gasteiger partial charge in [-0.1, -0.05) is 31.2 Å². The molecule has 0 unspecified atom stereocenters. The van der Waals surface area contributed by atoms with Crippen molar-refractivity contribution in [3.8, 4) is 0 Å². The number of hydrogen-bond acceptors (Lipinski definition) is 2. The summed E-state index contributed by atoms with van der Waals surface area (Å²) in [6.07, 6.45) is 0. The van der Waals surface area contributed by atoms with Gasteiger partial charge >= 0.3 is 0 Å².